The molecule has 0 aromatic heterocycles. The average Bonchev–Trinajstić information content (AvgIpc) is 3.39. The van der Waals surface area contributed by atoms with Gasteiger partial charge in [-0.15, -0.1) is 0 Å². The third kappa shape index (κ3) is 8.98. The van der Waals surface area contributed by atoms with Gasteiger partial charge in [-0.1, -0.05) is 23.5 Å². The summed E-state index contributed by atoms with van der Waals surface area (Å²) in [5.74, 6) is -1.83. The van der Waals surface area contributed by atoms with E-state index < -0.39 is 24.4 Å². The van der Waals surface area contributed by atoms with Crippen LogP contribution >= 0.6 is 23.5 Å². The first kappa shape index (κ1) is 36.1. The van der Waals surface area contributed by atoms with Gasteiger partial charge in [0.25, 0.3) is 23.6 Å². The maximum Gasteiger partial charge on any atom is 0.329 e. The van der Waals surface area contributed by atoms with Crippen LogP contribution in [0.15, 0.2) is 92.4 Å². The summed E-state index contributed by atoms with van der Waals surface area (Å²) in [6.07, 6.45) is 0. The second-order valence-corrected chi connectivity index (χ2v) is 13.6. The number of carbonyl (C=O) groups is 5. The Morgan fingerprint density at radius 2 is 1.10 bits per heavy atom. The number of ether oxygens (including phenoxy) is 4. The van der Waals surface area contributed by atoms with Crippen molar-refractivity contribution < 1.29 is 48.0 Å². The van der Waals surface area contributed by atoms with Crippen molar-refractivity contribution in [2.24, 2.45) is 0 Å². The molecule has 51 heavy (non-hydrogen) atoms. The zero-order valence-corrected chi connectivity index (χ0v) is 29.1. The topological polar surface area (TPSA) is 152 Å². The molecule has 0 aliphatic carbocycles. The third-order valence-corrected chi connectivity index (χ3v) is 10.4. The highest BCUT2D eigenvalue weighted by molar-refractivity contribution is 8.08. The summed E-state index contributed by atoms with van der Waals surface area (Å²) >= 11 is 2.28. The molecule has 3 aliphatic rings. The summed E-state index contributed by atoms with van der Waals surface area (Å²) in [5, 5.41) is 8.69. The van der Waals surface area contributed by atoms with Crippen LogP contribution in [-0.2, 0) is 28.6 Å². The molecular formula is C36H35N3O10S2. The van der Waals surface area contributed by atoms with Crippen molar-refractivity contribution in [3.05, 3.63) is 93.7 Å². The fourth-order valence-corrected chi connectivity index (χ4v) is 7.42. The molecule has 2 saturated heterocycles. The molecule has 0 saturated carbocycles. The molecule has 0 atom stereocenters. The molecular weight excluding hydrogens is 699 g/mol. The van der Waals surface area contributed by atoms with E-state index in [0.29, 0.717) is 85.0 Å². The van der Waals surface area contributed by atoms with Crippen molar-refractivity contribution in [3.8, 4) is 5.75 Å². The number of hydrogen-bond donors (Lipinski definition) is 1. The Bertz CT molecular complexity index is 1690. The molecule has 0 unspecified atom stereocenters. The number of hydrogen-bond acceptors (Lipinski definition) is 11. The maximum atomic E-state index is 14.0. The van der Waals surface area contributed by atoms with Crippen molar-refractivity contribution in [3.63, 3.8) is 0 Å². The number of thioether (sulfide) groups is 2. The Morgan fingerprint density at radius 3 is 1.53 bits per heavy atom. The predicted octanol–water partition coefficient (Wildman–Crippen LogP) is 3.78. The molecule has 0 spiro atoms. The predicted molar refractivity (Wildman–Crippen MR) is 188 cm³/mol. The van der Waals surface area contributed by atoms with E-state index >= 15 is 0 Å². The number of amides is 4. The molecule has 3 heterocycles. The number of rotatable bonds is 13. The standard InChI is InChI=1S/C36H35N3O10S2/c40-30(41)23-48-21-22-49-27-7-5-26(6-8-27)39-35(44)31(50-28-9-1-24(2-10-28)33(42)37-13-17-46-18-14-37)32(36(39)45)51-29-11-3-25(4-12-29)34(43)38-15-19-47-20-16-38/h1-12H,13-23H2,(H,40,41). The van der Waals surface area contributed by atoms with E-state index in [0.717, 1.165) is 28.4 Å². The van der Waals surface area contributed by atoms with Gasteiger partial charge in [0.1, 0.15) is 19.0 Å². The van der Waals surface area contributed by atoms with Gasteiger partial charge < -0.3 is 33.9 Å². The summed E-state index contributed by atoms with van der Waals surface area (Å²) in [6, 6.07) is 20.3. The Kier molecular flexibility index (Phi) is 12.1. The van der Waals surface area contributed by atoms with Gasteiger partial charge in [-0.3, -0.25) is 19.2 Å². The maximum absolute atomic E-state index is 14.0. The Labute approximate surface area is 302 Å². The lowest BCUT2D eigenvalue weighted by Gasteiger charge is -2.26. The number of nitrogens with zero attached hydrogens (tertiary/aromatic N) is 3. The largest absolute Gasteiger partial charge is 0.491 e. The Balaban J connectivity index is 1.20. The van der Waals surface area contributed by atoms with Crippen LogP contribution in [-0.4, -0.2) is 117 Å². The van der Waals surface area contributed by atoms with Crippen LogP contribution in [0.1, 0.15) is 20.7 Å². The Hall–Kier alpha value is -4.67. The first-order valence-corrected chi connectivity index (χ1v) is 17.9. The normalized spacial score (nSPS) is 16.5. The van der Waals surface area contributed by atoms with Crippen LogP contribution in [0.3, 0.4) is 0 Å². The highest BCUT2D eigenvalue weighted by Gasteiger charge is 2.40. The molecule has 6 rings (SSSR count). The second kappa shape index (κ2) is 17.0. The van der Waals surface area contributed by atoms with E-state index in [1.165, 1.54) is 0 Å². The van der Waals surface area contributed by atoms with E-state index in [2.05, 4.69) is 0 Å². The van der Waals surface area contributed by atoms with Crippen molar-refractivity contribution in [1.29, 1.82) is 0 Å². The molecule has 266 valence electrons. The minimum atomic E-state index is -1.07. The molecule has 13 nitrogen and oxygen atoms in total. The lowest BCUT2D eigenvalue weighted by atomic mass is 10.2. The number of morpholine rings is 2. The van der Waals surface area contributed by atoms with E-state index in [1.807, 2.05) is 0 Å². The SMILES string of the molecule is O=C(O)COCCOc1ccc(N2C(=O)C(Sc3ccc(C(=O)N4CCOCC4)cc3)=C(Sc3ccc(C(=O)N4CCOCC4)cc3)C2=O)cc1. The number of carboxylic acids is 1. The van der Waals surface area contributed by atoms with Crippen molar-refractivity contribution in [2.75, 3.05) is 77.3 Å². The molecule has 1 N–H and O–H groups in total. The number of aliphatic carboxylic acids is 1. The van der Waals surface area contributed by atoms with E-state index in [9.17, 15) is 24.0 Å². The van der Waals surface area contributed by atoms with Crippen LogP contribution in [0.4, 0.5) is 5.69 Å². The number of carboxylic acid groups (broad SMARTS) is 1. The monoisotopic (exact) mass is 733 g/mol. The molecule has 2 fully saturated rings. The van der Waals surface area contributed by atoms with Crippen molar-refractivity contribution in [2.45, 2.75) is 9.79 Å². The van der Waals surface area contributed by atoms with Gasteiger partial charge in [-0.25, -0.2) is 9.69 Å². The number of benzene rings is 3. The van der Waals surface area contributed by atoms with Gasteiger partial charge >= 0.3 is 5.97 Å². The van der Waals surface area contributed by atoms with Crippen LogP contribution in [0, 0.1) is 0 Å². The van der Waals surface area contributed by atoms with E-state index in [4.69, 9.17) is 24.1 Å². The smallest absolute Gasteiger partial charge is 0.329 e. The number of imide groups is 1. The highest BCUT2D eigenvalue weighted by atomic mass is 32.2. The van der Waals surface area contributed by atoms with Gasteiger partial charge in [-0.2, -0.15) is 0 Å². The van der Waals surface area contributed by atoms with Gasteiger partial charge in [0.2, 0.25) is 0 Å². The number of carbonyl (C=O) groups excluding carboxylic acids is 4. The fourth-order valence-electron chi connectivity index (χ4n) is 5.44. The van der Waals surface area contributed by atoms with Crippen molar-refractivity contribution >= 4 is 58.8 Å². The molecule has 15 heteroatoms. The quantitative estimate of drug-likeness (QED) is 0.201. The first-order valence-electron chi connectivity index (χ1n) is 16.2. The van der Waals surface area contributed by atoms with Gasteiger partial charge in [0.05, 0.1) is 48.5 Å². The minimum Gasteiger partial charge on any atom is -0.491 e. The molecule has 0 bridgehead atoms. The summed E-state index contributed by atoms with van der Waals surface area (Å²) in [4.78, 5) is 70.9. The summed E-state index contributed by atoms with van der Waals surface area (Å²) < 4.78 is 21.3. The summed E-state index contributed by atoms with van der Waals surface area (Å²) in [6.45, 7) is 3.82. The van der Waals surface area contributed by atoms with Crippen LogP contribution < -0.4 is 9.64 Å². The van der Waals surface area contributed by atoms with Gasteiger partial charge in [0.15, 0.2) is 0 Å². The average molecular weight is 734 g/mol. The Morgan fingerprint density at radius 1 is 0.647 bits per heavy atom. The van der Waals surface area contributed by atoms with Gasteiger partial charge in [-0.05, 0) is 72.8 Å². The zero-order valence-electron chi connectivity index (χ0n) is 27.5. The lowest BCUT2D eigenvalue weighted by Crippen LogP contribution is -2.40. The first-order chi connectivity index (χ1) is 24.8. The van der Waals surface area contributed by atoms with Crippen molar-refractivity contribution in [1.82, 2.24) is 9.80 Å². The highest BCUT2D eigenvalue weighted by Crippen LogP contribution is 2.44. The summed E-state index contributed by atoms with van der Waals surface area (Å²) in [5.41, 5.74) is 1.37. The van der Waals surface area contributed by atoms with Crippen LogP contribution in [0.5, 0.6) is 5.75 Å². The zero-order chi connectivity index (χ0) is 35.7. The van der Waals surface area contributed by atoms with Crippen LogP contribution in [0.25, 0.3) is 0 Å². The van der Waals surface area contributed by atoms with Crippen LogP contribution in [0.2, 0.25) is 0 Å². The summed E-state index contributed by atoms with van der Waals surface area (Å²) in [7, 11) is 0. The lowest BCUT2D eigenvalue weighted by molar-refractivity contribution is -0.142. The number of anilines is 1. The fraction of sp³-hybridized carbons (Fsp3) is 0.306. The second-order valence-electron chi connectivity index (χ2n) is 11.5. The molecule has 3 aromatic carbocycles. The molecule has 4 amide bonds. The van der Waals surface area contributed by atoms with E-state index in [1.54, 1.807) is 82.6 Å². The minimum absolute atomic E-state index is 0.0763. The molecule has 0 radical (unpaired) electrons. The van der Waals surface area contributed by atoms with E-state index in [-0.39, 0.29) is 34.8 Å². The molecule has 3 aliphatic heterocycles. The molecule has 3 aromatic rings. The van der Waals surface area contributed by atoms with Gasteiger partial charge in [0, 0.05) is 47.1 Å². The third-order valence-electron chi connectivity index (χ3n) is 8.06.